The summed E-state index contributed by atoms with van der Waals surface area (Å²) in [7, 11) is 0. The molecule has 6 heteroatoms. The van der Waals surface area contributed by atoms with Crippen LogP contribution in [-0.2, 0) is 6.18 Å². The minimum absolute atomic E-state index is 0. The molecule has 1 aromatic carbocycles. The van der Waals surface area contributed by atoms with Crippen molar-refractivity contribution < 1.29 is 18.6 Å². The van der Waals surface area contributed by atoms with Crippen LogP contribution in [-0.4, -0.2) is 23.5 Å². The Morgan fingerprint density at radius 2 is 1.80 bits per heavy atom. The minimum atomic E-state index is -4.28. The number of alkyl halides is 3. The van der Waals surface area contributed by atoms with Gasteiger partial charge in [0.1, 0.15) is 0 Å². The summed E-state index contributed by atoms with van der Waals surface area (Å²) in [4.78, 5) is 2.98. The van der Waals surface area contributed by atoms with E-state index in [4.69, 9.17) is 0 Å². The summed E-state index contributed by atoms with van der Waals surface area (Å²) in [5.74, 6) is 0.437. The van der Waals surface area contributed by atoms with E-state index < -0.39 is 11.7 Å². The number of halogens is 3. The summed E-state index contributed by atoms with van der Waals surface area (Å²) < 4.78 is 38.0. The summed E-state index contributed by atoms with van der Waals surface area (Å²) in [5.41, 5.74) is 1.12. The lowest BCUT2D eigenvalue weighted by molar-refractivity contribution is -0.137. The fourth-order valence-electron chi connectivity index (χ4n) is 2.80. The van der Waals surface area contributed by atoms with Crippen molar-refractivity contribution in [1.82, 2.24) is 10.3 Å². The first-order valence-corrected chi connectivity index (χ1v) is 6.44. The monoisotopic (exact) mass is 286 g/mol. The average molecular weight is 286 g/mol. The third-order valence-electron chi connectivity index (χ3n) is 3.82. The molecule has 0 radical (unpaired) electrons. The predicted octanol–water partition coefficient (Wildman–Crippen LogP) is 2.83. The van der Waals surface area contributed by atoms with Gasteiger partial charge in [0.25, 0.3) is 0 Å². The minimum Gasteiger partial charge on any atom is -0.412 e. The number of nitrogens with one attached hydrogen (secondary N) is 2. The molecule has 0 atom stereocenters. The van der Waals surface area contributed by atoms with Crippen molar-refractivity contribution in [3.63, 3.8) is 0 Å². The van der Waals surface area contributed by atoms with E-state index in [1.807, 2.05) is 6.20 Å². The van der Waals surface area contributed by atoms with Gasteiger partial charge in [-0.25, -0.2) is 0 Å². The number of aromatic amines is 1. The van der Waals surface area contributed by atoms with E-state index in [9.17, 15) is 13.2 Å². The van der Waals surface area contributed by atoms with E-state index in [1.165, 1.54) is 12.1 Å². The Balaban J connectivity index is 0.00000147. The fourth-order valence-corrected chi connectivity index (χ4v) is 2.80. The molecule has 1 fully saturated rings. The van der Waals surface area contributed by atoms with Crippen molar-refractivity contribution in [3.05, 3.63) is 35.5 Å². The number of H-pyrrole nitrogens is 1. The Labute approximate surface area is 114 Å². The van der Waals surface area contributed by atoms with Crippen LogP contribution in [0.5, 0.6) is 0 Å². The Bertz CT molecular complexity index is 586. The third kappa shape index (κ3) is 2.66. The van der Waals surface area contributed by atoms with E-state index in [0.717, 1.165) is 36.9 Å². The van der Waals surface area contributed by atoms with Crippen LogP contribution in [0.3, 0.4) is 0 Å². The van der Waals surface area contributed by atoms with Crippen molar-refractivity contribution in [2.45, 2.75) is 24.9 Å². The quantitative estimate of drug-likeness (QED) is 0.832. The molecule has 1 aliphatic rings. The van der Waals surface area contributed by atoms with Crippen LogP contribution in [0.15, 0.2) is 24.4 Å². The van der Waals surface area contributed by atoms with Crippen LogP contribution in [0.1, 0.15) is 29.9 Å². The lowest BCUT2D eigenvalue weighted by Crippen LogP contribution is -2.26. The molecule has 0 spiro atoms. The lowest BCUT2D eigenvalue weighted by Gasteiger charge is -2.22. The van der Waals surface area contributed by atoms with Gasteiger partial charge in [0, 0.05) is 17.1 Å². The summed E-state index contributed by atoms with van der Waals surface area (Å²) >= 11 is 0. The smallest absolute Gasteiger partial charge is 0.412 e. The highest BCUT2D eigenvalue weighted by Gasteiger charge is 2.31. The molecule has 20 heavy (non-hydrogen) atoms. The number of piperidine rings is 1. The first-order chi connectivity index (χ1) is 9.05. The van der Waals surface area contributed by atoms with Gasteiger partial charge in [0.2, 0.25) is 0 Å². The fraction of sp³-hybridized carbons (Fsp3) is 0.429. The van der Waals surface area contributed by atoms with Crippen LogP contribution in [0, 0.1) is 0 Å². The maximum Gasteiger partial charge on any atom is 0.416 e. The van der Waals surface area contributed by atoms with Gasteiger partial charge >= 0.3 is 6.18 Å². The van der Waals surface area contributed by atoms with Crippen LogP contribution in [0.4, 0.5) is 13.2 Å². The highest BCUT2D eigenvalue weighted by atomic mass is 19.4. The topological polar surface area (TPSA) is 59.3 Å². The zero-order valence-corrected chi connectivity index (χ0v) is 10.8. The van der Waals surface area contributed by atoms with Crippen molar-refractivity contribution in [3.8, 4) is 0 Å². The standard InChI is InChI=1S/C14H15F3N2.H2O/c15-14(16,17)10-1-2-11-12(8-19-13(11)7-10)9-3-5-18-6-4-9;/h1-2,7-9,18-19H,3-6H2;1H2. The Kier molecular flexibility index (Phi) is 4.06. The van der Waals surface area contributed by atoms with Crippen molar-refractivity contribution in [1.29, 1.82) is 0 Å². The first kappa shape index (κ1) is 14.9. The molecule has 3 nitrogen and oxygen atoms in total. The zero-order chi connectivity index (χ0) is 13.5. The summed E-state index contributed by atoms with van der Waals surface area (Å²) in [6, 6.07) is 3.95. The molecule has 4 N–H and O–H groups in total. The molecular weight excluding hydrogens is 269 g/mol. The Morgan fingerprint density at radius 3 is 2.45 bits per heavy atom. The average Bonchev–Trinajstić information content (AvgIpc) is 2.81. The molecule has 0 unspecified atom stereocenters. The van der Waals surface area contributed by atoms with Gasteiger partial charge < -0.3 is 15.8 Å². The van der Waals surface area contributed by atoms with Gasteiger partial charge in [-0.2, -0.15) is 13.2 Å². The van der Waals surface area contributed by atoms with E-state index in [0.29, 0.717) is 11.4 Å². The van der Waals surface area contributed by atoms with Gasteiger partial charge in [-0.05, 0) is 49.5 Å². The van der Waals surface area contributed by atoms with E-state index in [2.05, 4.69) is 10.3 Å². The second kappa shape index (κ2) is 5.46. The number of hydrogen-bond donors (Lipinski definition) is 2. The second-order valence-corrected chi connectivity index (χ2v) is 5.03. The van der Waals surface area contributed by atoms with E-state index in [-0.39, 0.29) is 5.48 Å². The van der Waals surface area contributed by atoms with Crippen LogP contribution >= 0.6 is 0 Å². The number of benzene rings is 1. The van der Waals surface area contributed by atoms with Crippen molar-refractivity contribution >= 4 is 10.9 Å². The van der Waals surface area contributed by atoms with Crippen molar-refractivity contribution in [2.75, 3.05) is 13.1 Å². The van der Waals surface area contributed by atoms with Gasteiger partial charge in [-0.1, -0.05) is 6.07 Å². The maximum atomic E-state index is 12.7. The molecule has 0 amide bonds. The SMILES string of the molecule is FC(F)(F)c1ccc2c(C3CCNCC3)c[nH]c2c1.O. The molecule has 2 heterocycles. The summed E-state index contributed by atoms with van der Waals surface area (Å²) in [5, 5.41) is 4.21. The number of aromatic nitrogens is 1. The van der Waals surface area contributed by atoms with Crippen LogP contribution in [0.2, 0.25) is 0 Å². The molecule has 110 valence electrons. The van der Waals surface area contributed by atoms with Crippen LogP contribution < -0.4 is 5.32 Å². The highest BCUT2D eigenvalue weighted by molar-refractivity contribution is 5.84. The Hall–Kier alpha value is -1.53. The van der Waals surface area contributed by atoms with E-state index in [1.54, 1.807) is 6.07 Å². The molecule has 1 aromatic heterocycles. The van der Waals surface area contributed by atoms with Gasteiger partial charge in [0.05, 0.1) is 5.56 Å². The molecular formula is C14H17F3N2O. The predicted molar refractivity (Wildman–Crippen MR) is 71.8 cm³/mol. The Morgan fingerprint density at radius 1 is 1.10 bits per heavy atom. The maximum absolute atomic E-state index is 12.7. The van der Waals surface area contributed by atoms with Gasteiger partial charge in [-0.15, -0.1) is 0 Å². The molecule has 3 rings (SSSR count). The number of fused-ring (bicyclic) bond motifs is 1. The number of rotatable bonds is 1. The summed E-state index contributed by atoms with van der Waals surface area (Å²) in [6.45, 7) is 1.94. The van der Waals surface area contributed by atoms with Gasteiger partial charge in [0.15, 0.2) is 0 Å². The molecule has 0 saturated carbocycles. The molecule has 0 aliphatic carbocycles. The molecule has 1 aliphatic heterocycles. The number of hydrogen-bond acceptors (Lipinski definition) is 1. The van der Waals surface area contributed by atoms with Gasteiger partial charge in [-0.3, -0.25) is 0 Å². The molecule has 0 bridgehead atoms. The normalized spacial score (nSPS) is 17.1. The third-order valence-corrected chi connectivity index (χ3v) is 3.82. The van der Waals surface area contributed by atoms with E-state index >= 15 is 0 Å². The van der Waals surface area contributed by atoms with Crippen molar-refractivity contribution in [2.24, 2.45) is 0 Å². The largest absolute Gasteiger partial charge is 0.416 e. The molecule has 1 saturated heterocycles. The summed E-state index contributed by atoms with van der Waals surface area (Å²) in [6.07, 6.45) is -0.350. The van der Waals surface area contributed by atoms with Crippen LogP contribution in [0.25, 0.3) is 10.9 Å². The first-order valence-electron chi connectivity index (χ1n) is 6.44. The zero-order valence-electron chi connectivity index (χ0n) is 10.8. The lowest BCUT2D eigenvalue weighted by atomic mass is 9.90. The highest BCUT2D eigenvalue weighted by Crippen LogP contribution is 2.35. The second-order valence-electron chi connectivity index (χ2n) is 5.03. The molecule has 2 aromatic rings.